The van der Waals surface area contributed by atoms with Gasteiger partial charge in [0.05, 0.1) is 0 Å². The van der Waals surface area contributed by atoms with Crippen LogP contribution in [0.2, 0.25) is 0 Å². The van der Waals surface area contributed by atoms with Gasteiger partial charge < -0.3 is 0 Å². The van der Waals surface area contributed by atoms with Gasteiger partial charge in [-0.05, 0) is 51.2 Å². The molecule has 0 radical (unpaired) electrons. The lowest BCUT2D eigenvalue weighted by Gasteiger charge is -2.06. The highest BCUT2D eigenvalue weighted by Crippen LogP contribution is 2.27. The smallest absolute Gasteiger partial charge is 0.123 e. The average Bonchev–Trinajstić information content (AvgIpc) is 2.62. The summed E-state index contributed by atoms with van der Waals surface area (Å²) in [4.78, 5) is 0. The zero-order valence-corrected chi connectivity index (χ0v) is 12.5. The molecular formula is C22H15F. The van der Waals surface area contributed by atoms with E-state index in [0.29, 0.717) is 0 Å². The molecule has 0 heterocycles. The molecule has 4 aromatic rings. The molecule has 0 amide bonds. The second-order valence-corrected chi connectivity index (χ2v) is 5.65. The van der Waals surface area contributed by atoms with Gasteiger partial charge >= 0.3 is 0 Å². The Hall–Kier alpha value is -2.93. The molecule has 0 saturated carbocycles. The molecule has 0 aliphatic carbocycles. The minimum Gasteiger partial charge on any atom is -0.207 e. The number of halogens is 1. The third kappa shape index (κ3) is 2.74. The van der Waals surface area contributed by atoms with Gasteiger partial charge in [-0.1, -0.05) is 72.8 Å². The van der Waals surface area contributed by atoms with Crippen LogP contribution in [0.3, 0.4) is 0 Å². The third-order valence-electron chi connectivity index (χ3n) is 4.15. The summed E-state index contributed by atoms with van der Waals surface area (Å²) in [6.07, 6.45) is 0. The molecule has 0 spiro atoms. The van der Waals surface area contributed by atoms with Crippen molar-refractivity contribution in [2.75, 3.05) is 0 Å². The highest BCUT2D eigenvalue weighted by atomic mass is 19.1. The highest BCUT2D eigenvalue weighted by Gasteiger charge is 2.02. The lowest BCUT2D eigenvalue weighted by molar-refractivity contribution is 0.628. The summed E-state index contributed by atoms with van der Waals surface area (Å²) in [7, 11) is 0. The predicted octanol–water partition coefficient (Wildman–Crippen LogP) is 6.31. The Morgan fingerprint density at radius 1 is 0.435 bits per heavy atom. The van der Waals surface area contributed by atoms with Crippen LogP contribution in [0.5, 0.6) is 0 Å². The van der Waals surface area contributed by atoms with E-state index < -0.39 is 0 Å². The van der Waals surface area contributed by atoms with Crippen molar-refractivity contribution >= 4 is 10.8 Å². The number of hydrogen-bond donors (Lipinski definition) is 0. The molecule has 0 fully saturated rings. The van der Waals surface area contributed by atoms with Crippen molar-refractivity contribution in [2.45, 2.75) is 0 Å². The van der Waals surface area contributed by atoms with Gasteiger partial charge in [-0.25, -0.2) is 4.39 Å². The fourth-order valence-corrected chi connectivity index (χ4v) is 2.87. The highest BCUT2D eigenvalue weighted by molar-refractivity contribution is 5.87. The van der Waals surface area contributed by atoms with E-state index in [9.17, 15) is 4.39 Å². The predicted molar refractivity (Wildman–Crippen MR) is 94.8 cm³/mol. The van der Waals surface area contributed by atoms with Crippen LogP contribution in [0.15, 0.2) is 91.0 Å². The quantitative estimate of drug-likeness (QED) is 0.406. The van der Waals surface area contributed by atoms with E-state index in [1.807, 2.05) is 0 Å². The van der Waals surface area contributed by atoms with E-state index in [2.05, 4.69) is 66.7 Å². The fourth-order valence-electron chi connectivity index (χ4n) is 2.87. The maximum Gasteiger partial charge on any atom is 0.123 e. The van der Waals surface area contributed by atoms with Crippen molar-refractivity contribution in [1.82, 2.24) is 0 Å². The summed E-state index contributed by atoms with van der Waals surface area (Å²) < 4.78 is 13.0. The van der Waals surface area contributed by atoms with E-state index in [-0.39, 0.29) is 5.82 Å². The van der Waals surface area contributed by atoms with Gasteiger partial charge in [-0.15, -0.1) is 0 Å². The number of benzene rings is 4. The molecule has 0 atom stereocenters. The molecule has 1 heteroatoms. The Bertz CT molecular complexity index is 951. The monoisotopic (exact) mass is 298 g/mol. The van der Waals surface area contributed by atoms with Gasteiger partial charge in [0.15, 0.2) is 0 Å². The first-order chi connectivity index (χ1) is 11.3. The largest absolute Gasteiger partial charge is 0.207 e. The van der Waals surface area contributed by atoms with E-state index >= 15 is 0 Å². The molecule has 0 unspecified atom stereocenters. The van der Waals surface area contributed by atoms with Crippen molar-refractivity contribution < 1.29 is 4.39 Å². The Balaban J connectivity index is 1.70. The molecular weight excluding hydrogens is 283 g/mol. The summed E-state index contributed by atoms with van der Waals surface area (Å²) in [5.74, 6) is -0.207. The molecule has 0 aromatic heterocycles. The molecule has 4 aromatic carbocycles. The number of hydrogen-bond acceptors (Lipinski definition) is 0. The standard InChI is InChI=1S/C22H15F/c23-22-13-11-18(12-14-22)17-5-7-19(8-6-17)21-10-9-16-3-1-2-4-20(16)15-21/h1-15H. The van der Waals surface area contributed by atoms with Crippen LogP contribution in [-0.2, 0) is 0 Å². The van der Waals surface area contributed by atoms with Gasteiger partial charge in [0.25, 0.3) is 0 Å². The summed E-state index contributed by atoms with van der Waals surface area (Å²) >= 11 is 0. The summed E-state index contributed by atoms with van der Waals surface area (Å²) in [5.41, 5.74) is 4.50. The molecule has 110 valence electrons. The van der Waals surface area contributed by atoms with E-state index in [4.69, 9.17) is 0 Å². The van der Waals surface area contributed by atoms with Crippen molar-refractivity contribution in [3.63, 3.8) is 0 Å². The van der Waals surface area contributed by atoms with Crippen LogP contribution in [0.4, 0.5) is 4.39 Å². The Morgan fingerprint density at radius 3 is 1.57 bits per heavy atom. The molecule has 23 heavy (non-hydrogen) atoms. The van der Waals surface area contributed by atoms with Crippen molar-refractivity contribution in [3.05, 3.63) is 96.8 Å². The molecule has 0 aliphatic heterocycles. The average molecular weight is 298 g/mol. The summed E-state index contributed by atoms with van der Waals surface area (Å²) in [6.45, 7) is 0. The van der Waals surface area contributed by atoms with Gasteiger partial charge in [-0.3, -0.25) is 0 Å². The van der Waals surface area contributed by atoms with Crippen molar-refractivity contribution in [1.29, 1.82) is 0 Å². The molecule has 0 bridgehead atoms. The van der Waals surface area contributed by atoms with Gasteiger partial charge in [0.2, 0.25) is 0 Å². The Labute approximate surface area is 134 Å². The SMILES string of the molecule is Fc1ccc(-c2ccc(-c3ccc4ccccc4c3)cc2)cc1. The summed E-state index contributed by atoms with van der Waals surface area (Å²) in [5, 5.41) is 2.49. The fraction of sp³-hybridized carbons (Fsp3) is 0. The minimum absolute atomic E-state index is 0.207. The van der Waals surface area contributed by atoms with Crippen LogP contribution < -0.4 is 0 Å². The normalized spacial score (nSPS) is 10.8. The third-order valence-corrected chi connectivity index (χ3v) is 4.15. The zero-order valence-electron chi connectivity index (χ0n) is 12.5. The molecule has 0 saturated heterocycles. The molecule has 0 nitrogen and oxygen atoms in total. The lowest BCUT2D eigenvalue weighted by atomic mass is 9.98. The first-order valence-electron chi connectivity index (χ1n) is 7.65. The minimum atomic E-state index is -0.207. The lowest BCUT2D eigenvalue weighted by Crippen LogP contribution is -1.82. The maximum absolute atomic E-state index is 13.0. The second kappa shape index (κ2) is 5.69. The van der Waals surface area contributed by atoms with Crippen molar-refractivity contribution in [2.24, 2.45) is 0 Å². The van der Waals surface area contributed by atoms with Crippen LogP contribution in [0.1, 0.15) is 0 Å². The molecule has 4 rings (SSSR count). The van der Waals surface area contributed by atoms with Crippen molar-refractivity contribution in [3.8, 4) is 22.3 Å². The zero-order chi connectivity index (χ0) is 15.6. The van der Waals surface area contributed by atoms with Crippen LogP contribution in [0.25, 0.3) is 33.0 Å². The van der Waals surface area contributed by atoms with Crippen LogP contribution in [-0.4, -0.2) is 0 Å². The van der Waals surface area contributed by atoms with Crippen LogP contribution >= 0.6 is 0 Å². The maximum atomic E-state index is 13.0. The second-order valence-electron chi connectivity index (χ2n) is 5.65. The first-order valence-corrected chi connectivity index (χ1v) is 7.65. The Morgan fingerprint density at radius 2 is 0.913 bits per heavy atom. The first kappa shape index (κ1) is 13.7. The van der Waals surface area contributed by atoms with E-state index in [0.717, 1.165) is 11.1 Å². The number of rotatable bonds is 2. The Kier molecular flexibility index (Phi) is 3.39. The van der Waals surface area contributed by atoms with E-state index in [1.54, 1.807) is 12.1 Å². The number of fused-ring (bicyclic) bond motifs is 1. The van der Waals surface area contributed by atoms with Gasteiger partial charge in [0.1, 0.15) is 5.82 Å². The van der Waals surface area contributed by atoms with Gasteiger partial charge in [0, 0.05) is 0 Å². The summed E-state index contributed by atoms with van der Waals surface area (Å²) in [6, 6.07) is 29.9. The van der Waals surface area contributed by atoms with Crippen LogP contribution in [0, 0.1) is 5.82 Å². The molecule has 0 N–H and O–H groups in total. The topological polar surface area (TPSA) is 0 Å². The molecule has 0 aliphatic rings. The van der Waals surface area contributed by atoms with E-state index in [1.165, 1.54) is 34.0 Å². The van der Waals surface area contributed by atoms with Gasteiger partial charge in [-0.2, -0.15) is 0 Å².